The molecule has 0 radical (unpaired) electrons. The molecule has 0 aromatic heterocycles. The third kappa shape index (κ3) is 2.44. The van der Waals surface area contributed by atoms with Gasteiger partial charge in [-0.1, -0.05) is 12.1 Å². The third-order valence-corrected chi connectivity index (χ3v) is 2.82. The Kier molecular flexibility index (Phi) is 3.62. The van der Waals surface area contributed by atoms with Crippen molar-refractivity contribution in [1.29, 1.82) is 5.26 Å². The zero-order valence-electron chi connectivity index (χ0n) is 9.42. The number of ketones is 1. The Morgan fingerprint density at radius 1 is 1.27 bits per heavy atom. The molecule has 0 N–H and O–H groups in total. The van der Waals surface area contributed by atoms with E-state index in [0.29, 0.717) is 12.8 Å². The predicted octanol–water partition coefficient (Wildman–Crippen LogP) is 3.10. The van der Waals surface area contributed by atoms with Gasteiger partial charge in [-0.25, -0.2) is 0 Å². The lowest BCUT2D eigenvalue weighted by molar-refractivity contribution is 0.0983. The Morgan fingerprint density at radius 2 is 1.93 bits per heavy atom. The van der Waals surface area contributed by atoms with Crippen molar-refractivity contribution in [3.05, 3.63) is 34.4 Å². The number of rotatable bonds is 3. The van der Waals surface area contributed by atoms with Gasteiger partial charge in [0.05, 0.1) is 6.07 Å². The van der Waals surface area contributed by atoms with Gasteiger partial charge in [0.2, 0.25) is 0 Å². The Bertz CT molecular complexity index is 427. The summed E-state index contributed by atoms with van der Waals surface area (Å²) in [6.07, 6.45) is 0.616. The van der Waals surface area contributed by atoms with Crippen LogP contribution in [-0.2, 0) is 0 Å². The maximum absolute atomic E-state index is 11.7. The zero-order valence-corrected chi connectivity index (χ0v) is 9.42. The Labute approximate surface area is 90.5 Å². The molecule has 0 saturated heterocycles. The lowest BCUT2D eigenvalue weighted by Crippen LogP contribution is -2.03. The van der Waals surface area contributed by atoms with Gasteiger partial charge >= 0.3 is 0 Å². The topological polar surface area (TPSA) is 40.9 Å². The molecule has 1 aromatic carbocycles. The molecular formula is C13H15NO. The van der Waals surface area contributed by atoms with Crippen LogP contribution in [0.3, 0.4) is 0 Å². The quantitative estimate of drug-likeness (QED) is 0.705. The van der Waals surface area contributed by atoms with E-state index in [-0.39, 0.29) is 5.78 Å². The van der Waals surface area contributed by atoms with Crippen LogP contribution in [0.2, 0.25) is 0 Å². The van der Waals surface area contributed by atoms with E-state index in [0.717, 1.165) is 16.7 Å². The molecule has 0 amide bonds. The molecule has 1 aromatic rings. The fourth-order valence-electron chi connectivity index (χ4n) is 1.56. The standard InChI is InChI=1S/C13H15NO/c1-9-6-7-12(11(3)10(9)2)13(15)5-4-8-14/h6-7H,4-5H2,1-3H3. The number of aryl methyl sites for hydroxylation is 1. The number of nitrogens with zero attached hydrogens (tertiary/aromatic N) is 1. The van der Waals surface area contributed by atoms with Crippen molar-refractivity contribution in [2.75, 3.05) is 0 Å². The number of carbonyl (C=O) groups is 1. The average molecular weight is 201 g/mol. The van der Waals surface area contributed by atoms with Gasteiger partial charge < -0.3 is 0 Å². The molecule has 2 heteroatoms. The molecule has 0 spiro atoms. The van der Waals surface area contributed by atoms with Crippen molar-refractivity contribution >= 4 is 5.78 Å². The molecule has 0 aliphatic heterocycles. The molecule has 1 rings (SSSR count). The lowest BCUT2D eigenvalue weighted by Gasteiger charge is -2.09. The van der Waals surface area contributed by atoms with E-state index >= 15 is 0 Å². The first-order chi connectivity index (χ1) is 7.07. The van der Waals surface area contributed by atoms with Crippen LogP contribution < -0.4 is 0 Å². The first-order valence-corrected chi connectivity index (χ1v) is 5.05. The zero-order chi connectivity index (χ0) is 11.4. The van der Waals surface area contributed by atoms with Crippen LogP contribution >= 0.6 is 0 Å². The second-order valence-electron chi connectivity index (χ2n) is 3.76. The molecule has 0 aliphatic carbocycles. The predicted molar refractivity (Wildman–Crippen MR) is 59.8 cm³/mol. The maximum atomic E-state index is 11.7. The minimum absolute atomic E-state index is 0.0668. The summed E-state index contributed by atoms with van der Waals surface area (Å²) in [5.41, 5.74) is 4.16. The van der Waals surface area contributed by atoms with Crippen LogP contribution in [0, 0.1) is 32.1 Å². The molecular weight excluding hydrogens is 186 g/mol. The maximum Gasteiger partial charge on any atom is 0.164 e. The van der Waals surface area contributed by atoms with Crippen LogP contribution in [0.15, 0.2) is 12.1 Å². The van der Waals surface area contributed by atoms with Crippen LogP contribution in [0.1, 0.15) is 39.9 Å². The molecule has 0 saturated carbocycles. The van der Waals surface area contributed by atoms with Crippen LogP contribution in [0.4, 0.5) is 0 Å². The number of hydrogen-bond donors (Lipinski definition) is 0. The second-order valence-corrected chi connectivity index (χ2v) is 3.76. The highest BCUT2D eigenvalue weighted by molar-refractivity contribution is 5.97. The van der Waals surface area contributed by atoms with E-state index in [1.165, 1.54) is 5.56 Å². The molecule has 0 heterocycles. The summed E-state index contributed by atoms with van der Waals surface area (Å²) in [7, 11) is 0. The monoisotopic (exact) mass is 201 g/mol. The lowest BCUT2D eigenvalue weighted by atomic mass is 9.95. The molecule has 78 valence electrons. The van der Waals surface area contributed by atoms with Gasteiger partial charge in [-0.15, -0.1) is 0 Å². The van der Waals surface area contributed by atoms with Crippen LogP contribution in [0.5, 0.6) is 0 Å². The molecule has 15 heavy (non-hydrogen) atoms. The Hall–Kier alpha value is -1.62. The largest absolute Gasteiger partial charge is 0.294 e. The molecule has 0 unspecified atom stereocenters. The highest BCUT2D eigenvalue weighted by Gasteiger charge is 2.10. The highest BCUT2D eigenvalue weighted by atomic mass is 16.1. The van der Waals surface area contributed by atoms with E-state index in [9.17, 15) is 4.79 Å². The van der Waals surface area contributed by atoms with Gasteiger partial charge in [0.15, 0.2) is 5.78 Å². The summed E-state index contributed by atoms with van der Waals surface area (Å²) in [4.78, 5) is 11.7. The van der Waals surface area contributed by atoms with E-state index in [4.69, 9.17) is 5.26 Å². The van der Waals surface area contributed by atoms with Gasteiger partial charge in [-0.3, -0.25) is 4.79 Å². The smallest absolute Gasteiger partial charge is 0.164 e. The average Bonchev–Trinajstić information content (AvgIpc) is 2.23. The number of benzene rings is 1. The minimum atomic E-state index is 0.0668. The van der Waals surface area contributed by atoms with E-state index < -0.39 is 0 Å². The normalized spacial score (nSPS) is 9.73. The van der Waals surface area contributed by atoms with E-state index in [2.05, 4.69) is 0 Å². The van der Waals surface area contributed by atoms with Crippen molar-refractivity contribution in [3.8, 4) is 6.07 Å². The number of hydrogen-bond acceptors (Lipinski definition) is 2. The Balaban J connectivity index is 3.01. The fraction of sp³-hybridized carbons (Fsp3) is 0.385. The van der Waals surface area contributed by atoms with Crippen molar-refractivity contribution in [2.24, 2.45) is 0 Å². The summed E-state index contributed by atoms with van der Waals surface area (Å²) in [6, 6.07) is 5.81. The van der Waals surface area contributed by atoms with Crippen LogP contribution in [-0.4, -0.2) is 5.78 Å². The summed E-state index contributed by atoms with van der Waals surface area (Å²) >= 11 is 0. The SMILES string of the molecule is Cc1ccc(C(=O)CCC#N)c(C)c1C. The first kappa shape index (κ1) is 11.5. The summed E-state index contributed by atoms with van der Waals surface area (Å²) < 4.78 is 0. The Morgan fingerprint density at radius 3 is 2.53 bits per heavy atom. The van der Waals surface area contributed by atoms with Crippen LogP contribution in [0.25, 0.3) is 0 Å². The number of carbonyl (C=O) groups excluding carboxylic acids is 1. The highest BCUT2D eigenvalue weighted by Crippen LogP contribution is 2.18. The summed E-state index contributed by atoms with van der Waals surface area (Å²) in [5, 5.41) is 8.43. The van der Waals surface area contributed by atoms with Gasteiger partial charge in [0.1, 0.15) is 0 Å². The van der Waals surface area contributed by atoms with Crippen molar-refractivity contribution in [1.82, 2.24) is 0 Å². The summed E-state index contributed by atoms with van der Waals surface area (Å²) in [5.74, 6) is 0.0668. The molecule has 0 bridgehead atoms. The van der Waals surface area contributed by atoms with Crippen molar-refractivity contribution in [2.45, 2.75) is 33.6 Å². The van der Waals surface area contributed by atoms with Gasteiger partial charge in [-0.05, 0) is 37.5 Å². The number of Topliss-reactive ketones (excluding diaryl/α,β-unsaturated/α-hetero) is 1. The van der Waals surface area contributed by atoms with E-state index in [1.54, 1.807) is 0 Å². The van der Waals surface area contributed by atoms with Crippen molar-refractivity contribution in [3.63, 3.8) is 0 Å². The van der Waals surface area contributed by atoms with Crippen molar-refractivity contribution < 1.29 is 4.79 Å². The fourth-order valence-corrected chi connectivity index (χ4v) is 1.56. The van der Waals surface area contributed by atoms with Gasteiger partial charge in [-0.2, -0.15) is 5.26 Å². The molecule has 0 atom stereocenters. The first-order valence-electron chi connectivity index (χ1n) is 5.05. The second kappa shape index (κ2) is 4.75. The molecule has 0 fully saturated rings. The molecule has 0 aliphatic rings. The van der Waals surface area contributed by atoms with Gasteiger partial charge in [0, 0.05) is 18.4 Å². The van der Waals surface area contributed by atoms with E-state index in [1.807, 2.05) is 39.0 Å². The molecule has 2 nitrogen and oxygen atoms in total. The third-order valence-electron chi connectivity index (χ3n) is 2.82. The number of nitriles is 1. The summed E-state index contributed by atoms with van der Waals surface area (Å²) in [6.45, 7) is 6.01. The minimum Gasteiger partial charge on any atom is -0.294 e. The van der Waals surface area contributed by atoms with Gasteiger partial charge in [0.25, 0.3) is 0 Å².